The van der Waals surface area contributed by atoms with Crippen LogP contribution in [0.4, 0.5) is 0 Å². The van der Waals surface area contributed by atoms with Gasteiger partial charge in [0.1, 0.15) is 0 Å². The van der Waals surface area contributed by atoms with Gasteiger partial charge in [-0.15, -0.1) is 0 Å². The monoisotopic (exact) mass is 282 g/mol. The van der Waals surface area contributed by atoms with Crippen molar-refractivity contribution in [2.24, 2.45) is 16.8 Å². The summed E-state index contributed by atoms with van der Waals surface area (Å²) in [6.45, 7) is 5.29. The molecule has 2 rings (SSSR count). The van der Waals surface area contributed by atoms with Crippen LogP contribution in [0.5, 0.6) is 0 Å². The van der Waals surface area contributed by atoms with Crippen molar-refractivity contribution in [3.8, 4) is 0 Å². The van der Waals surface area contributed by atoms with Gasteiger partial charge in [0.25, 0.3) is 0 Å². The van der Waals surface area contributed by atoms with Gasteiger partial charge in [0.15, 0.2) is 5.84 Å². The van der Waals surface area contributed by atoms with Crippen molar-refractivity contribution in [2.45, 2.75) is 45.1 Å². The molecular weight excluding hydrogens is 256 g/mol. The van der Waals surface area contributed by atoms with Crippen molar-refractivity contribution < 1.29 is 10.0 Å². The van der Waals surface area contributed by atoms with Gasteiger partial charge >= 0.3 is 0 Å². The van der Waals surface area contributed by atoms with Crippen LogP contribution in [0, 0.1) is 5.92 Å². The van der Waals surface area contributed by atoms with Crippen molar-refractivity contribution in [3.63, 3.8) is 0 Å². The Hall–Kier alpha value is -1.30. The van der Waals surface area contributed by atoms with Gasteiger partial charge in [0.05, 0.1) is 5.92 Å². The smallest absolute Gasteiger partial charge is 0.233 e. The topological polar surface area (TPSA) is 82.2 Å². The molecule has 1 aliphatic carbocycles. The fraction of sp³-hybridized carbons (Fsp3) is 0.857. The Kier molecular flexibility index (Phi) is 5.23. The van der Waals surface area contributed by atoms with Gasteiger partial charge in [-0.1, -0.05) is 24.9 Å². The van der Waals surface area contributed by atoms with Crippen LogP contribution in [0.3, 0.4) is 0 Å². The molecule has 20 heavy (non-hydrogen) atoms. The van der Waals surface area contributed by atoms with E-state index in [1.165, 1.54) is 25.7 Å². The molecule has 114 valence electrons. The molecule has 6 nitrogen and oxygen atoms in total. The number of carbonyl (C=O) groups excluding carboxylic acids is 1. The Balaban J connectivity index is 1.87. The summed E-state index contributed by atoms with van der Waals surface area (Å²) in [6.07, 6.45) is 5.85. The Morgan fingerprint density at radius 3 is 2.40 bits per heavy atom. The molecule has 1 saturated carbocycles. The van der Waals surface area contributed by atoms with E-state index in [0.717, 1.165) is 32.2 Å². The van der Waals surface area contributed by atoms with Gasteiger partial charge in [-0.2, -0.15) is 0 Å². The lowest BCUT2D eigenvalue weighted by Crippen LogP contribution is -2.53. The summed E-state index contributed by atoms with van der Waals surface area (Å²) in [4.78, 5) is 16.8. The molecule has 6 heteroatoms. The van der Waals surface area contributed by atoms with E-state index in [2.05, 4.69) is 10.1 Å². The number of amidine groups is 1. The average molecular weight is 282 g/mol. The van der Waals surface area contributed by atoms with Crippen molar-refractivity contribution in [3.05, 3.63) is 0 Å². The molecule has 1 amide bonds. The van der Waals surface area contributed by atoms with E-state index >= 15 is 0 Å². The first kappa shape index (κ1) is 15.1. The summed E-state index contributed by atoms with van der Waals surface area (Å²) in [5.74, 6) is -0.470. The van der Waals surface area contributed by atoms with E-state index in [9.17, 15) is 4.79 Å². The van der Waals surface area contributed by atoms with E-state index < -0.39 is 5.92 Å². The standard InChI is InChI=1S/C14H26N4O2/c1-2-12(13(15)16-20)14(19)18-9-7-17(8-10-18)11-5-3-4-6-11/h11-12,20H,2-10H2,1H3,(H2,15,16). The SMILES string of the molecule is CCC(C(=O)N1CCN(C2CCCC2)CC1)C(N)=NO. The van der Waals surface area contributed by atoms with E-state index in [-0.39, 0.29) is 11.7 Å². The van der Waals surface area contributed by atoms with Crippen molar-refractivity contribution >= 4 is 11.7 Å². The number of rotatable bonds is 4. The maximum absolute atomic E-state index is 12.4. The van der Waals surface area contributed by atoms with Gasteiger partial charge in [-0.05, 0) is 19.3 Å². The van der Waals surface area contributed by atoms with Gasteiger partial charge in [0, 0.05) is 32.2 Å². The zero-order valence-electron chi connectivity index (χ0n) is 12.3. The highest BCUT2D eigenvalue weighted by Crippen LogP contribution is 2.24. The predicted octanol–water partition coefficient (Wildman–Crippen LogP) is 0.846. The summed E-state index contributed by atoms with van der Waals surface area (Å²) in [5, 5.41) is 11.7. The number of nitrogens with zero attached hydrogens (tertiary/aromatic N) is 3. The molecule has 0 radical (unpaired) electrons. The van der Waals surface area contributed by atoms with Crippen LogP contribution in [0.25, 0.3) is 0 Å². The Morgan fingerprint density at radius 2 is 1.90 bits per heavy atom. The van der Waals surface area contributed by atoms with Crippen LogP contribution in [0.1, 0.15) is 39.0 Å². The number of hydrogen-bond donors (Lipinski definition) is 2. The summed E-state index contributed by atoms with van der Waals surface area (Å²) in [7, 11) is 0. The quantitative estimate of drug-likeness (QED) is 0.346. The fourth-order valence-corrected chi connectivity index (χ4v) is 3.38. The van der Waals surface area contributed by atoms with E-state index in [4.69, 9.17) is 10.9 Å². The third-order valence-corrected chi connectivity index (χ3v) is 4.65. The number of hydrogen-bond acceptors (Lipinski definition) is 4. The first-order valence-corrected chi connectivity index (χ1v) is 7.67. The predicted molar refractivity (Wildman–Crippen MR) is 77.6 cm³/mol. The summed E-state index contributed by atoms with van der Waals surface area (Å²) < 4.78 is 0. The maximum Gasteiger partial charge on any atom is 0.233 e. The molecule has 0 bridgehead atoms. The molecular formula is C14H26N4O2. The summed E-state index contributed by atoms with van der Waals surface area (Å²) in [6, 6.07) is 0.721. The fourth-order valence-electron chi connectivity index (χ4n) is 3.38. The maximum atomic E-state index is 12.4. The Bertz CT molecular complexity index is 358. The lowest BCUT2D eigenvalue weighted by molar-refractivity contribution is -0.135. The van der Waals surface area contributed by atoms with Crippen LogP contribution < -0.4 is 5.73 Å². The third-order valence-electron chi connectivity index (χ3n) is 4.65. The number of carbonyl (C=O) groups is 1. The molecule has 1 aliphatic heterocycles. The van der Waals surface area contributed by atoms with Crippen LogP contribution in [0.2, 0.25) is 0 Å². The minimum absolute atomic E-state index is 0.00567. The van der Waals surface area contributed by atoms with E-state index in [0.29, 0.717) is 6.42 Å². The molecule has 3 N–H and O–H groups in total. The minimum Gasteiger partial charge on any atom is -0.409 e. The molecule has 1 saturated heterocycles. The number of amides is 1. The zero-order chi connectivity index (χ0) is 14.5. The molecule has 0 aromatic rings. The number of oxime groups is 1. The Morgan fingerprint density at radius 1 is 1.30 bits per heavy atom. The molecule has 0 aromatic heterocycles. The molecule has 2 fully saturated rings. The summed E-state index contributed by atoms with van der Waals surface area (Å²) >= 11 is 0. The van der Waals surface area contributed by atoms with Crippen LogP contribution in [-0.2, 0) is 4.79 Å². The third kappa shape index (κ3) is 3.23. The molecule has 0 spiro atoms. The van der Waals surface area contributed by atoms with Gasteiger partial charge in [0.2, 0.25) is 5.91 Å². The van der Waals surface area contributed by atoms with Gasteiger partial charge in [-0.3, -0.25) is 9.69 Å². The lowest BCUT2D eigenvalue weighted by Gasteiger charge is -2.39. The largest absolute Gasteiger partial charge is 0.409 e. The molecule has 0 aromatic carbocycles. The average Bonchev–Trinajstić information content (AvgIpc) is 3.02. The van der Waals surface area contributed by atoms with E-state index in [1.807, 2.05) is 11.8 Å². The molecule has 1 heterocycles. The normalized spacial score (nSPS) is 24.1. The van der Waals surface area contributed by atoms with E-state index in [1.54, 1.807) is 0 Å². The van der Waals surface area contributed by atoms with Gasteiger partial charge in [-0.25, -0.2) is 0 Å². The minimum atomic E-state index is -0.488. The number of piperazine rings is 1. The highest BCUT2D eigenvalue weighted by Gasteiger charge is 2.31. The second kappa shape index (κ2) is 6.92. The van der Waals surface area contributed by atoms with Crippen molar-refractivity contribution in [2.75, 3.05) is 26.2 Å². The molecule has 1 unspecified atom stereocenters. The van der Waals surface area contributed by atoms with Crippen LogP contribution >= 0.6 is 0 Å². The first-order chi connectivity index (χ1) is 9.67. The van der Waals surface area contributed by atoms with Crippen molar-refractivity contribution in [1.82, 2.24) is 9.80 Å². The molecule has 1 atom stereocenters. The number of nitrogens with two attached hydrogens (primary N) is 1. The van der Waals surface area contributed by atoms with Crippen LogP contribution in [-0.4, -0.2) is 59.0 Å². The Labute approximate surface area is 120 Å². The molecule has 2 aliphatic rings. The van der Waals surface area contributed by atoms with Crippen molar-refractivity contribution in [1.29, 1.82) is 0 Å². The van der Waals surface area contributed by atoms with Gasteiger partial charge < -0.3 is 15.8 Å². The first-order valence-electron chi connectivity index (χ1n) is 7.67. The highest BCUT2D eigenvalue weighted by atomic mass is 16.4. The highest BCUT2D eigenvalue weighted by molar-refractivity contribution is 6.02. The second-order valence-electron chi connectivity index (χ2n) is 5.79. The van der Waals surface area contributed by atoms with Crippen LogP contribution in [0.15, 0.2) is 5.16 Å². The zero-order valence-corrected chi connectivity index (χ0v) is 12.3. The lowest BCUT2D eigenvalue weighted by atomic mass is 10.0. The second-order valence-corrected chi connectivity index (χ2v) is 5.79. The summed E-state index contributed by atoms with van der Waals surface area (Å²) in [5.41, 5.74) is 5.60.